The molecule has 7 rings (SSSR count). The van der Waals surface area contributed by atoms with E-state index in [0.29, 0.717) is 6.54 Å². The molecule has 0 amide bonds. The monoisotopic (exact) mass is 732 g/mol. The number of hydrogen-bond acceptors (Lipinski definition) is 6. The quantitative estimate of drug-likeness (QED) is 0.124. The highest BCUT2D eigenvalue weighted by molar-refractivity contribution is 7.80. The number of anilines is 2. The number of allylic oxidation sites excluding steroid dienone is 7. The van der Waals surface area contributed by atoms with Crippen molar-refractivity contribution in [1.82, 2.24) is 0 Å². The molecule has 0 bridgehead atoms. The maximum absolute atomic E-state index is 12.8. The third-order valence-corrected chi connectivity index (χ3v) is 12.4. The second-order valence-corrected chi connectivity index (χ2v) is 16.9. The van der Waals surface area contributed by atoms with Crippen molar-refractivity contribution in [2.75, 3.05) is 29.5 Å². The summed E-state index contributed by atoms with van der Waals surface area (Å²) in [6, 6.07) is 25.6. The molecule has 8 heteroatoms. The van der Waals surface area contributed by atoms with E-state index < -0.39 is 21.5 Å². The minimum atomic E-state index is -4.56. The van der Waals surface area contributed by atoms with E-state index >= 15 is 0 Å². The summed E-state index contributed by atoms with van der Waals surface area (Å²) in [6.07, 6.45) is 13.0. The van der Waals surface area contributed by atoms with Crippen LogP contribution in [-0.2, 0) is 25.4 Å². The van der Waals surface area contributed by atoms with E-state index in [1.54, 1.807) is 0 Å². The van der Waals surface area contributed by atoms with Gasteiger partial charge in [0, 0.05) is 41.0 Å². The normalized spacial score (nSPS) is 22.6. The van der Waals surface area contributed by atoms with Crippen LogP contribution in [0.25, 0.3) is 21.5 Å². The zero-order valence-corrected chi connectivity index (χ0v) is 32.6. The third-order valence-electron chi connectivity index (χ3n) is 11.9. The smallest absolute Gasteiger partial charge is 0.366 e. The zero-order chi connectivity index (χ0) is 37.8. The summed E-state index contributed by atoms with van der Waals surface area (Å²) >= 11 is 0. The number of aliphatic hydroxyl groups is 1. The summed E-state index contributed by atoms with van der Waals surface area (Å²) in [5, 5.41) is 17.6. The van der Waals surface area contributed by atoms with Crippen LogP contribution in [0.3, 0.4) is 0 Å². The molecule has 0 saturated heterocycles. The fourth-order valence-corrected chi connectivity index (χ4v) is 9.51. The molecule has 1 atom stereocenters. The number of hydrogen-bond donors (Lipinski definition) is 2. The van der Waals surface area contributed by atoms with Crippen molar-refractivity contribution in [2.24, 2.45) is 0 Å². The number of fused-ring (bicyclic) bond motifs is 6. The fraction of sp³-hybridized carbons (Fsp3) is 0.378. The van der Waals surface area contributed by atoms with Crippen LogP contribution in [0.15, 0.2) is 120 Å². The Hall–Kier alpha value is -4.21. The summed E-state index contributed by atoms with van der Waals surface area (Å²) in [5.74, 6) is 0. The summed E-state index contributed by atoms with van der Waals surface area (Å²) in [4.78, 5) is 4.47. The van der Waals surface area contributed by atoms with E-state index in [-0.39, 0.29) is 18.4 Å². The molecule has 2 aliphatic heterocycles. The molecule has 1 aliphatic carbocycles. The lowest BCUT2D eigenvalue weighted by Crippen LogP contribution is -2.55. The molecule has 3 aliphatic rings. The molecule has 278 valence electrons. The maximum atomic E-state index is 12.8. The molecule has 2 heterocycles. The predicted molar refractivity (Wildman–Crippen MR) is 218 cm³/mol. The van der Waals surface area contributed by atoms with E-state index in [1.807, 2.05) is 29.2 Å². The van der Waals surface area contributed by atoms with Crippen molar-refractivity contribution in [3.8, 4) is 0 Å². The van der Waals surface area contributed by atoms with Gasteiger partial charge in [0.25, 0.3) is 0 Å². The van der Waals surface area contributed by atoms with Crippen molar-refractivity contribution in [1.29, 1.82) is 0 Å². The van der Waals surface area contributed by atoms with Gasteiger partial charge in [-0.15, -0.1) is 0 Å². The third kappa shape index (κ3) is 6.43. The zero-order valence-electron chi connectivity index (χ0n) is 31.8. The van der Waals surface area contributed by atoms with Gasteiger partial charge in [0.1, 0.15) is 0 Å². The summed E-state index contributed by atoms with van der Waals surface area (Å²) < 4.78 is 36.4. The molecule has 53 heavy (non-hydrogen) atoms. The summed E-state index contributed by atoms with van der Waals surface area (Å²) in [6.45, 7) is 14.4. The average molecular weight is 733 g/mol. The van der Waals surface area contributed by atoms with E-state index in [9.17, 15) is 13.5 Å². The van der Waals surface area contributed by atoms with Crippen molar-refractivity contribution in [3.63, 3.8) is 0 Å². The first-order valence-electron chi connectivity index (χ1n) is 18.9. The fourth-order valence-electron chi connectivity index (χ4n) is 9.19. The molecule has 7 nitrogen and oxygen atoms in total. The van der Waals surface area contributed by atoms with E-state index in [4.69, 9.17) is 4.55 Å². The van der Waals surface area contributed by atoms with Crippen LogP contribution >= 0.6 is 0 Å². The lowest BCUT2D eigenvalue weighted by atomic mass is 9.75. The van der Waals surface area contributed by atoms with Crippen molar-refractivity contribution < 1.29 is 22.3 Å². The number of benzene rings is 4. The first-order chi connectivity index (χ1) is 25.2. The van der Waals surface area contributed by atoms with Crippen molar-refractivity contribution in [2.45, 2.75) is 90.2 Å². The Labute approximate surface area is 314 Å². The van der Waals surface area contributed by atoms with Gasteiger partial charge in [0.2, 0.25) is 0 Å². The topological polar surface area (TPSA) is 90.3 Å². The number of nitrogens with zero attached hydrogens (tertiary/aromatic N) is 2. The molecule has 0 fully saturated rings. The second kappa shape index (κ2) is 13.9. The van der Waals surface area contributed by atoms with Crippen LogP contribution in [0.2, 0.25) is 0 Å². The Kier molecular flexibility index (Phi) is 9.73. The Balaban J connectivity index is 1.25. The Bertz CT molecular complexity index is 2320. The van der Waals surface area contributed by atoms with Crippen LogP contribution in [-0.4, -0.2) is 43.5 Å². The average Bonchev–Trinajstić information content (AvgIpc) is 3.44. The molecule has 0 radical (unpaired) electrons. The minimum absolute atomic E-state index is 0.163. The lowest BCUT2D eigenvalue weighted by molar-refractivity contribution is 0.0292. The van der Waals surface area contributed by atoms with Gasteiger partial charge in [-0.1, -0.05) is 107 Å². The highest BCUT2D eigenvalue weighted by Gasteiger charge is 2.55. The molecule has 0 aromatic heterocycles. The molecule has 4 aromatic rings. The minimum Gasteiger partial charge on any atom is -0.366 e. The van der Waals surface area contributed by atoms with Crippen LogP contribution in [0, 0.1) is 0 Å². The Morgan fingerprint density at radius 3 is 2.13 bits per heavy atom. The molecule has 0 spiro atoms. The highest BCUT2D eigenvalue weighted by atomic mass is 32.3. The first kappa shape index (κ1) is 37.1. The first-order valence-corrected chi connectivity index (χ1v) is 20.3. The molecular formula is C45H52N2O5S. The van der Waals surface area contributed by atoms with Crippen LogP contribution in [0.5, 0.6) is 0 Å². The van der Waals surface area contributed by atoms with Gasteiger partial charge in [-0.25, -0.2) is 4.18 Å². The molecule has 1 unspecified atom stereocenters. The maximum Gasteiger partial charge on any atom is 0.397 e. The van der Waals surface area contributed by atoms with Gasteiger partial charge in [0.15, 0.2) is 5.72 Å². The lowest BCUT2D eigenvalue weighted by Gasteiger charge is -2.41. The standard InChI is InChI=1S/C45H52N2O5S/c1-7-28-46-38-23-20-34-14-8-10-18-36(34)41(38)43(3,4)40(46)25-22-32-16-12-17-33(31(32)2)26-27-45(48)44(5,6)42-37-19-11-9-15-35(37)21-24-39(42)47(45)29-13-30-52-53(49,50)51/h8-11,14-15,18-27,48H,7,12-13,16-17,28-30H2,1-6H3,(H,49,50,51)/b27-26+,32-22+,40-25+. The van der Waals surface area contributed by atoms with Gasteiger partial charge >= 0.3 is 10.4 Å². The van der Waals surface area contributed by atoms with Gasteiger partial charge in [-0.3, -0.25) is 4.55 Å². The Morgan fingerprint density at radius 1 is 0.830 bits per heavy atom. The summed E-state index contributed by atoms with van der Waals surface area (Å²) in [5.41, 5.74) is 7.40. The van der Waals surface area contributed by atoms with Crippen LogP contribution in [0.1, 0.15) is 84.8 Å². The predicted octanol–water partition coefficient (Wildman–Crippen LogP) is 10.1. The van der Waals surface area contributed by atoms with Gasteiger partial charge in [-0.2, -0.15) is 8.42 Å². The molecule has 2 N–H and O–H groups in total. The molecule has 0 saturated carbocycles. The molecular weight excluding hydrogens is 681 g/mol. The SMILES string of the molecule is CCCN1/C(=C/C=C2\CCCC(/C=C/C3(O)N(CCCOS(=O)(=O)O)c4ccc5ccccc5c4C3(C)C)=C2C)C(C)(C)c2c1ccc1ccccc21. The van der Waals surface area contributed by atoms with Crippen LogP contribution < -0.4 is 9.80 Å². The van der Waals surface area contributed by atoms with Gasteiger partial charge in [-0.05, 0) is 113 Å². The summed E-state index contributed by atoms with van der Waals surface area (Å²) in [7, 11) is -4.56. The highest BCUT2D eigenvalue weighted by Crippen LogP contribution is 2.54. The van der Waals surface area contributed by atoms with E-state index in [0.717, 1.165) is 54.3 Å². The van der Waals surface area contributed by atoms with Gasteiger partial charge in [0.05, 0.1) is 6.61 Å². The van der Waals surface area contributed by atoms with Crippen molar-refractivity contribution in [3.05, 3.63) is 131 Å². The Morgan fingerprint density at radius 2 is 1.47 bits per heavy atom. The van der Waals surface area contributed by atoms with E-state index in [1.165, 1.54) is 44.4 Å². The molecule has 4 aromatic carbocycles. The second-order valence-electron chi connectivity index (χ2n) is 15.8. The van der Waals surface area contributed by atoms with Gasteiger partial charge < -0.3 is 14.9 Å². The van der Waals surface area contributed by atoms with E-state index in [2.05, 4.69) is 123 Å². The number of rotatable bonds is 10. The van der Waals surface area contributed by atoms with Crippen LogP contribution in [0.4, 0.5) is 11.4 Å². The largest absolute Gasteiger partial charge is 0.397 e. The van der Waals surface area contributed by atoms with Crippen molar-refractivity contribution >= 4 is 43.3 Å².